The maximum absolute atomic E-state index is 6.45. The molecule has 10 heteroatoms. The summed E-state index contributed by atoms with van der Waals surface area (Å²) in [6.07, 6.45) is 8.56. The molecule has 0 radical (unpaired) electrons. The lowest BCUT2D eigenvalue weighted by Gasteiger charge is -2.41. The van der Waals surface area contributed by atoms with Crippen molar-refractivity contribution in [1.29, 1.82) is 0 Å². The Kier molecular flexibility index (Phi) is 6.81. The molecule has 1 saturated carbocycles. The van der Waals surface area contributed by atoms with Crippen molar-refractivity contribution in [3.63, 3.8) is 0 Å². The molecule has 2 fully saturated rings. The van der Waals surface area contributed by atoms with Crippen LogP contribution in [0.5, 0.6) is 0 Å². The fraction of sp³-hybridized carbons (Fsp3) is 0.387. The number of nitrogens with two attached hydrogens (primary N) is 1. The summed E-state index contributed by atoms with van der Waals surface area (Å²) in [5.74, 6) is 1.17. The first-order valence-corrected chi connectivity index (χ1v) is 14.9. The van der Waals surface area contributed by atoms with Crippen LogP contribution in [0.4, 0.5) is 17.5 Å². The van der Waals surface area contributed by atoms with Crippen molar-refractivity contribution in [3.05, 3.63) is 59.5 Å². The van der Waals surface area contributed by atoms with E-state index in [1.54, 1.807) is 6.33 Å². The number of aromatic amines is 1. The van der Waals surface area contributed by atoms with E-state index in [2.05, 4.69) is 72.1 Å². The van der Waals surface area contributed by atoms with Gasteiger partial charge in [-0.15, -0.1) is 0 Å². The normalized spacial score (nSPS) is 20.7. The van der Waals surface area contributed by atoms with E-state index >= 15 is 0 Å². The number of H-pyrrole nitrogens is 1. The van der Waals surface area contributed by atoms with E-state index < -0.39 is 0 Å². The monoisotopic (exact) mass is 569 g/mol. The minimum Gasteiger partial charge on any atom is -0.383 e. The first-order valence-electron chi connectivity index (χ1n) is 14.5. The van der Waals surface area contributed by atoms with E-state index in [0.29, 0.717) is 28.9 Å². The molecule has 1 aliphatic heterocycles. The number of hydrogen-bond donors (Lipinski definition) is 3. The number of likely N-dealkylation sites (N-methyl/N-ethyl adjacent to an activating group) is 1. The average Bonchev–Trinajstić information content (AvgIpc) is 3.56. The Morgan fingerprint density at radius 3 is 2.46 bits per heavy atom. The number of rotatable bonds is 5. The number of nitrogens with one attached hydrogen (secondary N) is 2. The van der Waals surface area contributed by atoms with Crippen molar-refractivity contribution in [2.45, 2.75) is 44.7 Å². The molecular weight excluding hydrogens is 534 g/mol. The summed E-state index contributed by atoms with van der Waals surface area (Å²) in [7, 11) is 2.22. The minimum atomic E-state index is 0.411. The topological polar surface area (TPSA) is 104 Å². The van der Waals surface area contributed by atoms with Crippen LogP contribution in [0.1, 0.15) is 37.3 Å². The lowest BCUT2D eigenvalue weighted by molar-refractivity contribution is 0.0828. The predicted molar refractivity (Wildman–Crippen MR) is 167 cm³/mol. The molecule has 0 atom stereocenters. The number of anilines is 3. The van der Waals surface area contributed by atoms with E-state index in [9.17, 15) is 0 Å². The maximum Gasteiger partial charge on any atom is 0.205 e. The van der Waals surface area contributed by atoms with Crippen molar-refractivity contribution in [1.82, 2.24) is 34.3 Å². The molecule has 0 amide bonds. The van der Waals surface area contributed by atoms with Crippen LogP contribution in [-0.4, -0.2) is 73.6 Å². The van der Waals surface area contributed by atoms with Crippen LogP contribution >= 0.6 is 11.6 Å². The summed E-state index contributed by atoms with van der Waals surface area (Å²) in [6, 6.07) is 13.4. The third kappa shape index (κ3) is 5.03. The summed E-state index contributed by atoms with van der Waals surface area (Å²) < 4.78 is 2.36. The number of halogens is 1. The van der Waals surface area contributed by atoms with Crippen molar-refractivity contribution < 1.29 is 0 Å². The highest BCUT2D eigenvalue weighted by Crippen LogP contribution is 2.39. The van der Waals surface area contributed by atoms with Crippen LogP contribution < -0.4 is 11.1 Å². The summed E-state index contributed by atoms with van der Waals surface area (Å²) in [4.78, 5) is 22.1. The number of piperazine rings is 1. The summed E-state index contributed by atoms with van der Waals surface area (Å²) in [5, 5.41) is 4.97. The molecule has 0 spiro atoms. The molecule has 4 heterocycles. The number of fused-ring (bicyclic) bond motifs is 2. The van der Waals surface area contributed by atoms with Gasteiger partial charge in [0.05, 0.1) is 21.4 Å². The first-order chi connectivity index (χ1) is 19.9. The zero-order valence-electron chi connectivity index (χ0n) is 23.6. The zero-order chi connectivity index (χ0) is 28.1. The molecular formula is C31H36ClN9. The lowest BCUT2D eigenvalue weighted by atomic mass is 9.89. The third-order valence-electron chi connectivity index (χ3n) is 8.90. The van der Waals surface area contributed by atoms with Crippen LogP contribution in [0.3, 0.4) is 0 Å². The first kappa shape index (κ1) is 26.3. The molecule has 0 bridgehead atoms. The number of aryl methyl sites for hydroxylation is 1. The quantitative estimate of drug-likeness (QED) is 0.239. The van der Waals surface area contributed by atoms with Crippen molar-refractivity contribution in [2.24, 2.45) is 0 Å². The molecule has 7 rings (SSSR count). The van der Waals surface area contributed by atoms with Gasteiger partial charge >= 0.3 is 0 Å². The van der Waals surface area contributed by atoms with Gasteiger partial charge in [0.2, 0.25) is 5.95 Å². The Morgan fingerprint density at radius 1 is 0.976 bits per heavy atom. The average molecular weight is 570 g/mol. The van der Waals surface area contributed by atoms with Crippen molar-refractivity contribution >= 4 is 51.1 Å². The van der Waals surface area contributed by atoms with Crippen LogP contribution in [0.25, 0.3) is 33.2 Å². The number of nitrogens with zero attached hydrogens (tertiary/aromatic N) is 6. The predicted octanol–water partition coefficient (Wildman–Crippen LogP) is 5.99. The fourth-order valence-corrected chi connectivity index (χ4v) is 6.94. The molecule has 1 saturated heterocycles. The van der Waals surface area contributed by atoms with E-state index in [-0.39, 0.29) is 0 Å². The molecule has 4 N–H and O–H groups in total. The van der Waals surface area contributed by atoms with E-state index in [1.165, 1.54) is 39.0 Å². The van der Waals surface area contributed by atoms with Gasteiger partial charge in [-0.3, -0.25) is 4.90 Å². The number of benzene rings is 2. The van der Waals surface area contributed by atoms with Crippen LogP contribution in [0, 0.1) is 6.92 Å². The Morgan fingerprint density at radius 2 is 1.71 bits per heavy atom. The third-order valence-corrected chi connectivity index (χ3v) is 9.20. The Balaban J connectivity index is 1.12. The van der Waals surface area contributed by atoms with Crippen LogP contribution in [-0.2, 0) is 0 Å². The van der Waals surface area contributed by atoms with Gasteiger partial charge in [-0.1, -0.05) is 23.7 Å². The molecule has 2 aromatic carbocycles. The molecule has 0 unspecified atom stereocenters. The van der Waals surface area contributed by atoms with Gasteiger partial charge in [-0.05, 0) is 75.0 Å². The molecule has 1 aliphatic carbocycles. The minimum absolute atomic E-state index is 0.411. The van der Waals surface area contributed by atoms with E-state index in [4.69, 9.17) is 22.3 Å². The Labute approximate surface area is 244 Å². The number of hydrogen-bond acceptors (Lipinski definition) is 7. The molecule has 2 aliphatic rings. The highest BCUT2D eigenvalue weighted by atomic mass is 35.5. The van der Waals surface area contributed by atoms with Crippen LogP contribution in [0.15, 0.2) is 48.9 Å². The Bertz CT molecular complexity index is 1690. The summed E-state index contributed by atoms with van der Waals surface area (Å²) in [6.45, 7) is 6.71. The van der Waals surface area contributed by atoms with Gasteiger partial charge in [0, 0.05) is 55.7 Å². The number of imidazole rings is 1. The number of aromatic nitrogens is 5. The van der Waals surface area contributed by atoms with Gasteiger partial charge in [-0.2, -0.15) is 0 Å². The maximum atomic E-state index is 6.45. The van der Waals surface area contributed by atoms with E-state index in [1.807, 2.05) is 19.1 Å². The summed E-state index contributed by atoms with van der Waals surface area (Å²) >= 11 is 6.41. The van der Waals surface area contributed by atoms with Crippen molar-refractivity contribution in [2.75, 3.05) is 44.3 Å². The lowest BCUT2D eigenvalue weighted by Crippen LogP contribution is -2.49. The second kappa shape index (κ2) is 10.6. The molecule has 212 valence electrons. The van der Waals surface area contributed by atoms with Gasteiger partial charge < -0.3 is 25.5 Å². The second-order valence-electron chi connectivity index (χ2n) is 11.6. The molecule has 3 aromatic heterocycles. The highest BCUT2D eigenvalue weighted by Gasteiger charge is 2.30. The summed E-state index contributed by atoms with van der Waals surface area (Å²) in [5.41, 5.74) is 13.2. The van der Waals surface area contributed by atoms with Gasteiger partial charge in [0.1, 0.15) is 17.8 Å². The van der Waals surface area contributed by atoms with E-state index in [0.717, 1.165) is 57.3 Å². The fourth-order valence-electron chi connectivity index (χ4n) is 6.63. The Hall–Kier alpha value is -3.66. The molecule has 9 nitrogen and oxygen atoms in total. The SMILES string of the molecule is Cc1cc(Cl)c2[nH]c(Nc3ccc(-c4cn([C@H]5CC[C@H](N6CCN(C)CC6)CC5)c5ncnc(N)c45)cc3)nc2c1. The smallest absolute Gasteiger partial charge is 0.205 e. The standard InChI is InChI=1S/C31H36ClN9/c1-19-15-25(32)28-26(16-19)37-31(38-28)36-21-5-3-20(4-6-21)24-17-41(30-27(24)29(33)34-18-35-30)23-9-7-22(8-10-23)40-13-11-39(2)12-14-40/h3-6,15-18,22-23H,7-14H2,1-2H3,(H2,33,34,35)(H2,36,37,38)/t22-,23-. The van der Waals surface area contributed by atoms with Crippen molar-refractivity contribution in [3.8, 4) is 11.1 Å². The van der Waals surface area contributed by atoms with Crippen LogP contribution in [0.2, 0.25) is 5.02 Å². The highest BCUT2D eigenvalue weighted by molar-refractivity contribution is 6.35. The molecule has 41 heavy (non-hydrogen) atoms. The molecule has 5 aromatic rings. The largest absolute Gasteiger partial charge is 0.383 e. The zero-order valence-corrected chi connectivity index (χ0v) is 24.3. The number of nitrogen functional groups attached to an aromatic ring is 1. The van der Waals surface area contributed by atoms with Gasteiger partial charge in [0.25, 0.3) is 0 Å². The van der Waals surface area contributed by atoms with Gasteiger partial charge in [-0.25, -0.2) is 15.0 Å². The second-order valence-corrected chi connectivity index (χ2v) is 12.0. The van der Waals surface area contributed by atoms with Gasteiger partial charge in [0.15, 0.2) is 0 Å².